The fraction of sp³-hybridized carbons (Fsp3) is 0.273. The summed E-state index contributed by atoms with van der Waals surface area (Å²) in [6, 6.07) is 16.7. The molecule has 0 aliphatic carbocycles. The number of anilines is 1. The maximum atomic E-state index is 13.2. The van der Waals surface area contributed by atoms with Crippen LogP contribution in [0, 0.1) is 16.7 Å². The van der Waals surface area contributed by atoms with Gasteiger partial charge in [0.15, 0.2) is 5.96 Å². The molecule has 2 fully saturated rings. The van der Waals surface area contributed by atoms with Crippen molar-refractivity contribution in [2.24, 2.45) is 0 Å². The van der Waals surface area contributed by atoms with E-state index in [-0.39, 0.29) is 17.8 Å². The number of amides is 2. The van der Waals surface area contributed by atoms with Crippen molar-refractivity contribution in [3.8, 4) is 6.07 Å². The molecule has 2 aliphatic rings. The van der Waals surface area contributed by atoms with Crippen LogP contribution in [0.5, 0.6) is 0 Å². The van der Waals surface area contributed by atoms with Crippen LogP contribution in [0.3, 0.4) is 0 Å². The van der Waals surface area contributed by atoms with E-state index in [0.717, 1.165) is 16.8 Å². The zero-order valence-corrected chi connectivity index (χ0v) is 16.3. The predicted molar refractivity (Wildman–Crippen MR) is 108 cm³/mol. The molecule has 2 heterocycles. The standard InChI is InChI=1S/C22H21N5O2/c1-22(16-5-3-4-14(12-16)13-23)19(20(29)26(2)21(24)25-22)15-6-8-17(9-7-15)27-11-10-18(27)28/h3-9,12,19H,10-11H2,1-2H3,(H2,24,25)/t19-,22+/m0/s1. The molecule has 2 atom stereocenters. The van der Waals surface area contributed by atoms with Gasteiger partial charge in [0.25, 0.3) is 0 Å². The molecule has 2 N–H and O–H groups in total. The van der Waals surface area contributed by atoms with Gasteiger partial charge < -0.3 is 10.2 Å². The summed E-state index contributed by atoms with van der Waals surface area (Å²) >= 11 is 0. The van der Waals surface area contributed by atoms with E-state index in [1.165, 1.54) is 4.90 Å². The highest BCUT2D eigenvalue weighted by atomic mass is 16.2. The maximum absolute atomic E-state index is 13.2. The molecule has 4 rings (SSSR count). The molecule has 146 valence electrons. The molecule has 2 aromatic rings. The second-order valence-electron chi connectivity index (χ2n) is 7.59. The molecule has 2 aromatic carbocycles. The van der Waals surface area contributed by atoms with Crippen LogP contribution in [-0.2, 0) is 15.1 Å². The van der Waals surface area contributed by atoms with Gasteiger partial charge in [-0.15, -0.1) is 0 Å². The third kappa shape index (κ3) is 2.93. The predicted octanol–water partition coefficient (Wildman–Crippen LogP) is 2.29. The van der Waals surface area contributed by atoms with Crippen molar-refractivity contribution in [2.45, 2.75) is 24.8 Å². The maximum Gasteiger partial charge on any atom is 0.239 e. The molecule has 2 amide bonds. The van der Waals surface area contributed by atoms with Gasteiger partial charge in [-0.1, -0.05) is 24.3 Å². The minimum absolute atomic E-state index is 0.0129. The average Bonchev–Trinajstić information content (AvgIpc) is 2.72. The number of β-lactam (4-membered cyclic amide) rings is 1. The van der Waals surface area contributed by atoms with E-state index >= 15 is 0 Å². The lowest BCUT2D eigenvalue weighted by atomic mass is 9.73. The molecule has 0 radical (unpaired) electrons. The topological polar surface area (TPSA) is 100 Å². The van der Waals surface area contributed by atoms with Gasteiger partial charge in [-0.3, -0.25) is 19.9 Å². The summed E-state index contributed by atoms with van der Waals surface area (Å²) in [5.41, 5.74) is 1.95. The molecule has 0 saturated carbocycles. The summed E-state index contributed by atoms with van der Waals surface area (Å²) in [6.07, 6.45) is 0.562. The molecule has 2 aliphatic heterocycles. The van der Waals surface area contributed by atoms with Crippen molar-refractivity contribution >= 4 is 23.5 Å². The number of nitrogens with one attached hydrogen (secondary N) is 2. The molecule has 0 unspecified atom stereocenters. The fourth-order valence-electron chi connectivity index (χ4n) is 4.01. The third-order valence-electron chi connectivity index (χ3n) is 5.85. The third-order valence-corrected chi connectivity index (χ3v) is 5.85. The van der Waals surface area contributed by atoms with Gasteiger partial charge in [0.1, 0.15) is 0 Å². The lowest BCUT2D eigenvalue weighted by molar-refractivity contribution is -0.131. The van der Waals surface area contributed by atoms with Crippen LogP contribution in [0.2, 0.25) is 0 Å². The minimum Gasteiger partial charge on any atom is -0.346 e. The van der Waals surface area contributed by atoms with Crippen LogP contribution in [-0.4, -0.2) is 36.3 Å². The first-order valence-electron chi connectivity index (χ1n) is 9.40. The largest absolute Gasteiger partial charge is 0.346 e. The second kappa shape index (κ2) is 6.74. The molecule has 0 bridgehead atoms. The number of nitriles is 1. The quantitative estimate of drug-likeness (QED) is 0.789. The summed E-state index contributed by atoms with van der Waals surface area (Å²) in [6.45, 7) is 2.58. The van der Waals surface area contributed by atoms with Gasteiger partial charge in [0, 0.05) is 25.7 Å². The molecule has 0 spiro atoms. The Labute approximate surface area is 169 Å². The first kappa shape index (κ1) is 18.7. The second-order valence-corrected chi connectivity index (χ2v) is 7.59. The van der Waals surface area contributed by atoms with E-state index in [4.69, 9.17) is 5.41 Å². The number of carbonyl (C=O) groups excluding carboxylic acids is 2. The van der Waals surface area contributed by atoms with Crippen LogP contribution < -0.4 is 10.2 Å². The summed E-state index contributed by atoms with van der Waals surface area (Å²) in [5, 5.41) is 20.7. The van der Waals surface area contributed by atoms with Crippen LogP contribution >= 0.6 is 0 Å². The molecular formula is C22H21N5O2. The SMILES string of the molecule is CN1C(=N)N[C@](C)(c2cccc(C#N)c2)[C@@H](c2ccc(N3CCC3=O)cc2)C1=O. The van der Waals surface area contributed by atoms with E-state index in [1.54, 1.807) is 30.1 Å². The van der Waals surface area contributed by atoms with Crippen LogP contribution in [0.15, 0.2) is 48.5 Å². The van der Waals surface area contributed by atoms with Crippen molar-refractivity contribution in [3.05, 3.63) is 65.2 Å². The van der Waals surface area contributed by atoms with Crippen LogP contribution in [0.1, 0.15) is 36.0 Å². The Morgan fingerprint density at radius 2 is 1.93 bits per heavy atom. The molecule has 7 nitrogen and oxygen atoms in total. The lowest BCUT2D eigenvalue weighted by Crippen LogP contribution is -2.62. The number of hydrogen-bond acceptors (Lipinski definition) is 4. The Kier molecular flexibility index (Phi) is 4.35. The molecule has 29 heavy (non-hydrogen) atoms. The van der Waals surface area contributed by atoms with Crippen molar-refractivity contribution in [1.29, 1.82) is 10.7 Å². The molecule has 0 aromatic heterocycles. The Morgan fingerprint density at radius 1 is 1.21 bits per heavy atom. The first-order valence-corrected chi connectivity index (χ1v) is 9.40. The van der Waals surface area contributed by atoms with Crippen LogP contribution in [0.4, 0.5) is 5.69 Å². The van der Waals surface area contributed by atoms with E-state index < -0.39 is 11.5 Å². The number of nitrogens with zero attached hydrogens (tertiary/aromatic N) is 3. The Balaban J connectivity index is 1.78. The van der Waals surface area contributed by atoms with Crippen molar-refractivity contribution in [2.75, 3.05) is 18.5 Å². The van der Waals surface area contributed by atoms with Gasteiger partial charge in [-0.2, -0.15) is 5.26 Å². The van der Waals surface area contributed by atoms with Crippen molar-refractivity contribution in [3.63, 3.8) is 0 Å². The minimum atomic E-state index is -0.901. The number of hydrogen-bond donors (Lipinski definition) is 2. The highest BCUT2D eigenvalue weighted by Gasteiger charge is 2.48. The fourth-order valence-corrected chi connectivity index (χ4v) is 4.01. The zero-order valence-electron chi connectivity index (χ0n) is 16.3. The zero-order chi connectivity index (χ0) is 20.8. The highest BCUT2D eigenvalue weighted by molar-refractivity contribution is 6.03. The van der Waals surface area contributed by atoms with Gasteiger partial charge in [-0.25, -0.2) is 0 Å². The monoisotopic (exact) mass is 387 g/mol. The number of guanidine groups is 1. The number of likely N-dealkylation sites (N-methyl/N-ethyl adjacent to an activating group) is 1. The summed E-state index contributed by atoms with van der Waals surface area (Å²) in [7, 11) is 1.57. The number of benzene rings is 2. The number of carbonyl (C=O) groups is 2. The van der Waals surface area contributed by atoms with Gasteiger partial charge >= 0.3 is 0 Å². The Bertz CT molecular complexity index is 1060. The normalized spacial score (nSPS) is 24.0. The van der Waals surface area contributed by atoms with E-state index in [2.05, 4.69) is 11.4 Å². The number of rotatable bonds is 3. The van der Waals surface area contributed by atoms with Gasteiger partial charge in [-0.05, 0) is 42.3 Å². The van der Waals surface area contributed by atoms with Crippen molar-refractivity contribution < 1.29 is 9.59 Å². The molecule has 2 saturated heterocycles. The van der Waals surface area contributed by atoms with Crippen molar-refractivity contribution in [1.82, 2.24) is 10.2 Å². The Morgan fingerprint density at radius 3 is 2.52 bits per heavy atom. The summed E-state index contributed by atoms with van der Waals surface area (Å²) in [4.78, 5) is 27.9. The summed E-state index contributed by atoms with van der Waals surface area (Å²) in [5.74, 6) is -0.693. The van der Waals surface area contributed by atoms with E-state index in [9.17, 15) is 14.9 Å². The lowest BCUT2D eigenvalue weighted by Gasteiger charge is -2.46. The molecule has 7 heteroatoms. The average molecular weight is 387 g/mol. The van der Waals surface area contributed by atoms with Crippen LogP contribution in [0.25, 0.3) is 0 Å². The molecular weight excluding hydrogens is 366 g/mol. The van der Waals surface area contributed by atoms with Gasteiger partial charge in [0.05, 0.1) is 23.1 Å². The summed E-state index contributed by atoms with van der Waals surface area (Å²) < 4.78 is 0. The van der Waals surface area contributed by atoms with E-state index in [1.807, 2.05) is 37.3 Å². The highest BCUT2D eigenvalue weighted by Crippen LogP contribution is 2.41. The van der Waals surface area contributed by atoms with Gasteiger partial charge in [0.2, 0.25) is 11.8 Å². The van der Waals surface area contributed by atoms with E-state index in [0.29, 0.717) is 18.5 Å². The smallest absolute Gasteiger partial charge is 0.239 e. The Hall–Kier alpha value is -3.66. The first-order chi connectivity index (χ1) is 13.8.